The molecule has 6 aromatic heterocycles. The van der Waals surface area contributed by atoms with Gasteiger partial charge in [-0.1, -0.05) is 164 Å². The maximum absolute atomic E-state index is 12.3. The number of nitrogens with zero attached hydrogens (tertiary/aromatic N) is 4. The Labute approximate surface area is 439 Å². The minimum Gasteiger partial charge on any atom is -0.456 e. The molecule has 17 rings (SSSR count). The lowest BCUT2D eigenvalue weighted by molar-refractivity contribution is 0.669. The molecule has 76 heavy (non-hydrogen) atoms. The van der Waals surface area contributed by atoms with Crippen molar-refractivity contribution < 1.29 is 8.83 Å². The number of rotatable bonds is 4. The predicted octanol–water partition coefficient (Wildman–Crippen LogP) is 20.2. The van der Waals surface area contributed by atoms with E-state index in [9.17, 15) is 11.8 Å². The highest BCUT2D eigenvalue weighted by Crippen LogP contribution is 2.56. The van der Waals surface area contributed by atoms with Crippen LogP contribution in [0.3, 0.4) is 0 Å². The molecule has 0 fully saturated rings. The molecule has 0 saturated heterocycles. The van der Waals surface area contributed by atoms with Gasteiger partial charge in [-0.15, -0.1) is 22.7 Å². The van der Waals surface area contributed by atoms with Gasteiger partial charge >= 0.3 is 0 Å². The van der Waals surface area contributed by atoms with Crippen molar-refractivity contribution in [2.75, 3.05) is 0 Å². The lowest BCUT2D eigenvalue weighted by atomic mass is 9.88. The number of hydrogen-bond acceptors (Lipinski definition) is 5. The lowest BCUT2D eigenvalue weighted by Crippen LogP contribution is -2.09. The number of para-hydroxylation sites is 2. The van der Waals surface area contributed by atoms with Gasteiger partial charge in [0.25, 0.3) is 0 Å². The highest BCUT2D eigenvalue weighted by Gasteiger charge is 2.34. The van der Waals surface area contributed by atoms with Gasteiger partial charge in [-0.3, -0.25) is 0 Å². The van der Waals surface area contributed by atoms with E-state index in [0.717, 1.165) is 119 Å². The van der Waals surface area contributed by atoms with Crippen LogP contribution in [-0.2, 0) is 0 Å². The summed E-state index contributed by atoms with van der Waals surface area (Å²) in [5, 5.41) is 25.0. The van der Waals surface area contributed by atoms with Crippen LogP contribution >= 0.6 is 22.7 Å². The Morgan fingerprint density at radius 1 is 0.408 bits per heavy atom. The average molecular weight is 1000 g/mol. The molecule has 0 aliphatic rings. The first kappa shape index (κ1) is 41.5. The monoisotopic (exact) mass is 1000 g/mol. The second-order valence-electron chi connectivity index (χ2n) is 19.6. The molecule has 8 heteroatoms. The van der Waals surface area contributed by atoms with Crippen LogP contribution in [0.2, 0.25) is 0 Å². The van der Waals surface area contributed by atoms with Crippen LogP contribution in [0.25, 0.3) is 166 Å². The number of fused-ring (bicyclic) bond motifs is 21. The fraction of sp³-hybridized carbons (Fsp3) is 0. The van der Waals surface area contributed by atoms with Crippen LogP contribution in [0.4, 0.5) is 5.69 Å². The van der Waals surface area contributed by atoms with Crippen molar-refractivity contribution in [1.29, 1.82) is 5.26 Å². The molecule has 0 N–H and O–H groups in total. The summed E-state index contributed by atoms with van der Waals surface area (Å²) in [6.45, 7) is 9.63. The van der Waals surface area contributed by atoms with Crippen LogP contribution < -0.4 is 0 Å². The first-order valence-electron chi connectivity index (χ1n) is 25.2. The molecule has 0 saturated carbocycles. The molecule has 0 aliphatic carbocycles. The lowest BCUT2D eigenvalue weighted by Gasteiger charge is -2.26. The zero-order valence-corrected chi connectivity index (χ0v) is 41.7. The van der Waals surface area contributed by atoms with Crippen LogP contribution in [0.1, 0.15) is 5.56 Å². The molecule has 0 bridgehead atoms. The van der Waals surface area contributed by atoms with Gasteiger partial charge in [-0.2, -0.15) is 5.26 Å². The average Bonchev–Trinajstić information content (AvgIpc) is 4.52. The van der Waals surface area contributed by atoms with Crippen LogP contribution in [-0.4, -0.2) is 9.13 Å². The minimum absolute atomic E-state index is 0.378. The molecule has 6 nitrogen and oxygen atoms in total. The molecule has 0 aliphatic heterocycles. The first-order chi connectivity index (χ1) is 37.6. The molecule has 0 spiro atoms. The van der Waals surface area contributed by atoms with E-state index >= 15 is 0 Å². The van der Waals surface area contributed by atoms with E-state index in [0.29, 0.717) is 33.8 Å². The van der Waals surface area contributed by atoms with Gasteiger partial charge < -0.3 is 18.0 Å². The van der Waals surface area contributed by atoms with Gasteiger partial charge in [0.2, 0.25) is 5.69 Å². The Balaban J connectivity index is 1.19. The van der Waals surface area contributed by atoms with Crippen molar-refractivity contribution >= 4 is 156 Å². The van der Waals surface area contributed by atoms with Gasteiger partial charge in [-0.25, -0.2) is 4.85 Å². The van der Waals surface area contributed by atoms with Crippen molar-refractivity contribution in [1.82, 2.24) is 9.13 Å². The fourth-order valence-electron chi connectivity index (χ4n) is 12.6. The summed E-state index contributed by atoms with van der Waals surface area (Å²) in [5.74, 6) is 0. The molecule has 0 radical (unpaired) electrons. The second-order valence-corrected chi connectivity index (χ2v) is 21.7. The van der Waals surface area contributed by atoms with Crippen molar-refractivity contribution in [3.8, 4) is 39.7 Å². The summed E-state index contributed by atoms with van der Waals surface area (Å²) in [7, 11) is 0. The highest BCUT2D eigenvalue weighted by molar-refractivity contribution is 7.27. The number of benzene rings is 11. The Bertz CT molecular complexity index is 5370. The third kappa shape index (κ3) is 5.40. The highest BCUT2D eigenvalue weighted by atomic mass is 32.1. The molecule has 0 atom stereocenters. The standard InChI is InChI=1S/C68H34N4O2S2/c1-70-60-58(37-16-4-2-5-17-37)51(36-69)61(71-52-34-50-40-21-9-12-24-53(40)73-55(50)35-49(52)45-28-31-46-39-20-8-13-25-54(39)74-66(46)62(45)71)59(38-18-6-3-7-19-38)65(60)72-63-43(29-32-47-41-22-10-14-26-56(41)75-67(47)63)44-30-33-48-42-23-11-15-27-57(42)76-68(48)64(44)72/h2-35H. The first-order valence-corrected chi connectivity index (χ1v) is 26.8. The van der Waals surface area contributed by atoms with Crippen molar-refractivity contribution in [2.24, 2.45) is 0 Å². The second kappa shape index (κ2) is 15.3. The van der Waals surface area contributed by atoms with Crippen LogP contribution in [0, 0.1) is 17.9 Å². The topological polar surface area (TPSA) is 64.3 Å². The molecule has 17 aromatic rings. The van der Waals surface area contributed by atoms with Gasteiger partial charge in [0.15, 0.2) is 5.58 Å². The Morgan fingerprint density at radius 2 is 0.908 bits per heavy atom. The largest absolute Gasteiger partial charge is 0.456 e. The third-order valence-electron chi connectivity index (χ3n) is 15.8. The van der Waals surface area contributed by atoms with Gasteiger partial charge in [-0.05, 0) is 53.6 Å². The van der Waals surface area contributed by atoms with E-state index in [2.05, 4.69) is 149 Å². The molecular formula is C68H34N4O2S2. The summed E-state index contributed by atoms with van der Waals surface area (Å²) in [5.41, 5.74) is 11.8. The molecule has 350 valence electrons. The Morgan fingerprint density at radius 3 is 1.51 bits per heavy atom. The SMILES string of the molecule is [C-]#[N+]c1c(-c2ccccc2)c(C#N)c(-n2c3cc4c(cc3c3ccc5c6ccccc6oc5c32)oc2ccccc24)c(-c2ccccc2)c1-n1c2c(ccc3c4ccccc4sc32)c2ccc3c4ccccc4sc3c21. The molecule has 0 unspecified atom stereocenters. The molecule has 6 heterocycles. The van der Waals surface area contributed by atoms with Gasteiger partial charge in [0.1, 0.15) is 22.8 Å². The van der Waals surface area contributed by atoms with E-state index in [-0.39, 0.29) is 0 Å². The zero-order valence-electron chi connectivity index (χ0n) is 40.1. The number of aromatic nitrogens is 2. The zero-order chi connectivity index (χ0) is 49.9. The maximum atomic E-state index is 12.3. The summed E-state index contributed by atoms with van der Waals surface area (Å²) in [4.78, 5) is 4.70. The van der Waals surface area contributed by atoms with E-state index in [4.69, 9.17) is 13.7 Å². The normalized spacial score (nSPS) is 12.2. The number of thiophene rings is 2. The summed E-state index contributed by atoms with van der Waals surface area (Å²) in [6, 6.07) is 74.8. The third-order valence-corrected chi connectivity index (χ3v) is 18.2. The van der Waals surface area contributed by atoms with E-state index in [1.807, 2.05) is 72.8 Å². The summed E-state index contributed by atoms with van der Waals surface area (Å²) >= 11 is 3.57. The van der Waals surface area contributed by atoms with E-state index in [1.165, 1.54) is 20.2 Å². The van der Waals surface area contributed by atoms with Crippen LogP contribution in [0.5, 0.6) is 0 Å². The Kier molecular flexibility index (Phi) is 8.36. The van der Waals surface area contributed by atoms with Gasteiger partial charge in [0.05, 0.1) is 55.0 Å². The fourth-order valence-corrected chi connectivity index (χ4v) is 15.1. The Hall–Kier alpha value is -9.96. The predicted molar refractivity (Wildman–Crippen MR) is 317 cm³/mol. The van der Waals surface area contributed by atoms with Gasteiger partial charge in [0, 0.05) is 85.2 Å². The molecule has 0 amide bonds. The van der Waals surface area contributed by atoms with Crippen molar-refractivity contribution in [3.63, 3.8) is 0 Å². The number of nitriles is 1. The van der Waals surface area contributed by atoms with Crippen LogP contribution in [0.15, 0.2) is 215 Å². The smallest absolute Gasteiger partial charge is 0.220 e. The van der Waals surface area contributed by atoms with Crippen molar-refractivity contribution in [2.45, 2.75) is 0 Å². The van der Waals surface area contributed by atoms with E-state index in [1.54, 1.807) is 22.7 Å². The maximum Gasteiger partial charge on any atom is 0.220 e. The molecule has 11 aromatic carbocycles. The molecular weight excluding hydrogens is 969 g/mol. The number of hydrogen-bond donors (Lipinski definition) is 0. The minimum atomic E-state index is 0.378. The summed E-state index contributed by atoms with van der Waals surface area (Å²) in [6.07, 6.45) is 0. The van der Waals surface area contributed by atoms with Crippen molar-refractivity contribution in [3.05, 3.63) is 223 Å². The number of furan rings is 2. The quantitative estimate of drug-likeness (QED) is 0.165. The van der Waals surface area contributed by atoms with E-state index < -0.39 is 0 Å². The summed E-state index contributed by atoms with van der Waals surface area (Å²) < 4.78 is 23.1.